The van der Waals surface area contributed by atoms with Crippen molar-refractivity contribution in [1.29, 1.82) is 0 Å². The molecule has 0 N–H and O–H groups in total. The Kier molecular flexibility index (Phi) is 5.95. The van der Waals surface area contributed by atoms with Crippen molar-refractivity contribution in [1.82, 2.24) is 19.3 Å². The average Bonchev–Trinajstić information content (AvgIpc) is 3.10. The molecule has 0 atom stereocenters. The SMILES string of the molecule is Cn1cc(-c2cc(=O)n(-c3ccc(OCC(F)(F)F)cc3)c(OCC(F)(F)F)n2)cn1. The van der Waals surface area contributed by atoms with Crippen LogP contribution in [0.15, 0.2) is 47.5 Å². The monoisotopic (exact) mass is 448 g/mol. The van der Waals surface area contributed by atoms with Crippen LogP contribution in [0.1, 0.15) is 0 Å². The molecule has 31 heavy (non-hydrogen) atoms. The molecule has 0 aliphatic rings. The minimum Gasteiger partial charge on any atom is -0.484 e. The van der Waals surface area contributed by atoms with Gasteiger partial charge in [-0.2, -0.15) is 36.4 Å². The Bertz CT molecular complexity index is 1100. The molecular weight excluding hydrogens is 434 g/mol. The van der Waals surface area contributed by atoms with Crippen molar-refractivity contribution in [3.63, 3.8) is 0 Å². The molecule has 2 aromatic heterocycles. The molecule has 0 fully saturated rings. The molecule has 166 valence electrons. The third-order valence-corrected chi connectivity index (χ3v) is 3.75. The van der Waals surface area contributed by atoms with Gasteiger partial charge in [0.25, 0.3) is 5.56 Å². The van der Waals surface area contributed by atoms with E-state index in [1.165, 1.54) is 29.2 Å². The Morgan fingerprint density at radius 1 is 0.968 bits per heavy atom. The lowest BCUT2D eigenvalue weighted by atomic mass is 10.2. The lowest BCUT2D eigenvalue weighted by Gasteiger charge is -2.15. The number of nitrogens with zero attached hydrogens (tertiary/aromatic N) is 4. The summed E-state index contributed by atoms with van der Waals surface area (Å²) in [4.78, 5) is 16.7. The maximum Gasteiger partial charge on any atom is 0.422 e. The van der Waals surface area contributed by atoms with Crippen LogP contribution in [0.25, 0.3) is 16.9 Å². The van der Waals surface area contributed by atoms with E-state index in [1.807, 2.05) is 0 Å². The fourth-order valence-electron chi connectivity index (χ4n) is 2.50. The molecule has 0 unspecified atom stereocenters. The van der Waals surface area contributed by atoms with Gasteiger partial charge in [0, 0.05) is 24.9 Å². The van der Waals surface area contributed by atoms with E-state index < -0.39 is 37.1 Å². The van der Waals surface area contributed by atoms with Gasteiger partial charge in [-0.05, 0) is 24.3 Å². The molecule has 7 nitrogen and oxygen atoms in total. The summed E-state index contributed by atoms with van der Waals surface area (Å²) in [6.07, 6.45) is -6.36. The van der Waals surface area contributed by atoms with Crippen molar-refractivity contribution < 1.29 is 35.8 Å². The van der Waals surface area contributed by atoms with Crippen LogP contribution in [0.5, 0.6) is 11.8 Å². The highest BCUT2D eigenvalue weighted by Gasteiger charge is 2.30. The van der Waals surface area contributed by atoms with Crippen LogP contribution in [-0.4, -0.2) is 44.9 Å². The Morgan fingerprint density at radius 3 is 2.13 bits per heavy atom. The molecule has 0 aliphatic carbocycles. The van der Waals surface area contributed by atoms with Crippen LogP contribution in [0.4, 0.5) is 26.3 Å². The van der Waals surface area contributed by atoms with E-state index in [1.54, 1.807) is 7.05 Å². The van der Waals surface area contributed by atoms with E-state index in [0.717, 1.165) is 22.8 Å². The van der Waals surface area contributed by atoms with Crippen LogP contribution in [0.2, 0.25) is 0 Å². The van der Waals surface area contributed by atoms with E-state index in [9.17, 15) is 31.1 Å². The zero-order valence-corrected chi connectivity index (χ0v) is 15.7. The lowest BCUT2D eigenvalue weighted by molar-refractivity contribution is -0.155. The van der Waals surface area contributed by atoms with E-state index in [2.05, 4.69) is 14.8 Å². The zero-order chi connectivity index (χ0) is 22.8. The van der Waals surface area contributed by atoms with Crippen molar-refractivity contribution >= 4 is 0 Å². The van der Waals surface area contributed by atoms with Gasteiger partial charge < -0.3 is 9.47 Å². The van der Waals surface area contributed by atoms with Gasteiger partial charge in [0.1, 0.15) is 5.75 Å². The number of hydrogen-bond acceptors (Lipinski definition) is 5. The number of ether oxygens (including phenoxy) is 2. The molecule has 0 amide bonds. The second-order valence-corrected chi connectivity index (χ2v) is 6.30. The van der Waals surface area contributed by atoms with E-state index in [-0.39, 0.29) is 17.1 Å². The van der Waals surface area contributed by atoms with Crippen LogP contribution >= 0.6 is 0 Å². The van der Waals surface area contributed by atoms with Gasteiger partial charge in [-0.3, -0.25) is 9.48 Å². The predicted molar refractivity (Wildman–Crippen MR) is 95.1 cm³/mol. The molecule has 2 heterocycles. The smallest absolute Gasteiger partial charge is 0.422 e. The normalized spacial score (nSPS) is 12.1. The molecule has 3 aromatic rings. The molecule has 0 spiro atoms. The molecule has 13 heteroatoms. The number of rotatable bonds is 6. The lowest BCUT2D eigenvalue weighted by Crippen LogP contribution is -2.26. The van der Waals surface area contributed by atoms with E-state index in [0.29, 0.717) is 5.56 Å². The van der Waals surface area contributed by atoms with Crippen molar-refractivity contribution in [3.05, 3.63) is 53.1 Å². The molecule has 3 rings (SSSR count). The Balaban J connectivity index is 1.98. The van der Waals surface area contributed by atoms with Crippen LogP contribution < -0.4 is 15.0 Å². The molecule has 0 bridgehead atoms. The first-order valence-electron chi connectivity index (χ1n) is 8.54. The topological polar surface area (TPSA) is 71.2 Å². The summed E-state index contributed by atoms with van der Waals surface area (Å²) in [6.45, 7) is -3.23. The number of benzene rings is 1. The van der Waals surface area contributed by atoms with Crippen molar-refractivity contribution in [2.75, 3.05) is 13.2 Å². The van der Waals surface area contributed by atoms with E-state index in [4.69, 9.17) is 4.74 Å². The molecular formula is C18H14F6N4O3. The minimum atomic E-state index is -4.69. The largest absolute Gasteiger partial charge is 0.484 e. The Labute approximate surface area is 170 Å². The third-order valence-electron chi connectivity index (χ3n) is 3.75. The minimum absolute atomic E-state index is 0.0202. The molecule has 0 saturated carbocycles. The van der Waals surface area contributed by atoms with Gasteiger partial charge in [0.15, 0.2) is 13.2 Å². The standard InChI is InChI=1S/C18H14F6N4O3/c1-27-8-11(7-25-27)14-6-15(29)28(16(26-14)31-10-18(22,23)24)12-2-4-13(5-3-12)30-9-17(19,20)21/h2-8H,9-10H2,1H3. The fraction of sp³-hybridized carbons (Fsp3) is 0.278. The van der Waals surface area contributed by atoms with Gasteiger partial charge >= 0.3 is 18.4 Å². The second kappa shape index (κ2) is 8.32. The number of aromatic nitrogens is 4. The number of alkyl halides is 6. The van der Waals surface area contributed by atoms with Gasteiger partial charge in [0.05, 0.1) is 17.6 Å². The molecule has 0 radical (unpaired) electrons. The summed E-state index contributed by atoms with van der Waals surface area (Å²) in [6, 6.07) is 5.09. The van der Waals surface area contributed by atoms with Crippen LogP contribution in [-0.2, 0) is 7.05 Å². The fourth-order valence-corrected chi connectivity index (χ4v) is 2.50. The van der Waals surface area contributed by atoms with Gasteiger partial charge in [-0.1, -0.05) is 0 Å². The van der Waals surface area contributed by atoms with Crippen LogP contribution in [0, 0.1) is 0 Å². The van der Waals surface area contributed by atoms with Gasteiger partial charge in [0.2, 0.25) is 0 Å². The maximum absolute atomic E-state index is 12.7. The quantitative estimate of drug-likeness (QED) is 0.540. The van der Waals surface area contributed by atoms with Gasteiger partial charge in [-0.25, -0.2) is 4.57 Å². The highest BCUT2D eigenvalue weighted by molar-refractivity contribution is 5.57. The average molecular weight is 448 g/mol. The summed E-state index contributed by atoms with van der Waals surface area (Å²) in [5, 5.41) is 3.92. The first kappa shape index (κ1) is 22.2. The zero-order valence-electron chi connectivity index (χ0n) is 15.7. The molecule has 0 saturated heterocycles. The van der Waals surface area contributed by atoms with Crippen LogP contribution in [0.3, 0.4) is 0 Å². The first-order chi connectivity index (χ1) is 14.4. The van der Waals surface area contributed by atoms with Crippen molar-refractivity contribution in [3.8, 4) is 28.7 Å². The van der Waals surface area contributed by atoms with E-state index >= 15 is 0 Å². The summed E-state index contributed by atoms with van der Waals surface area (Å²) < 4.78 is 86.3. The van der Waals surface area contributed by atoms with Gasteiger partial charge in [-0.15, -0.1) is 0 Å². The first-order valence-corrected chi connectivity index (χ1v) is 8.54. The predicted octanol–water partition coefficient (Wildman–Crippen LogP) is 3.52. The Morgan fingerprint density at radius 2 is 1.58 bits per heavy atom. The second-order valence-electron chi connectivity index (χ2n) is 6.30. The summed E-state index contributed by atoms with van der Waals surface area (Å²) in [5.41, 5.74) is -0.335. The third kappa shape index (κ3) is 5.99. The molecule has 1 aromatic carbocycles. The van der Waals surface area contributed by atoms with Crippen molar-refractivity contribution in [2.24, 2.45) is 7.05 Å². The number of aryl methyl sites for hydroxylation is 1. The summed E-state index contributed by atoms with van der Waals surface area (Å²) in [5.74, 6) is -0.146. The maximum atomic E-state index is 12.7. The number of halogens is 6. The highest BCUT2D eigenvalue weighted by atomic mass is 19.4. The highest BCUT2D eigenvalue weighted by Crippen LogP contribution is 2.24. The Hall–Kier alpha value is -3.51. The molecule has 0 aliphatic heterocycles. The summed E-state index contributed by atoms with van der Waals surface area (Å²) in [7, 11) is 1.61. The summed E-state index contributed by atoms with van der Waals surface area (Å²) >= 11 is 0. The van der Waals surface area contributed by atoms with Crippen molar-refractivity contribution in [2.45, 2.75) is 12.4 Å². The number of hydrogen-bond donors (Lipinski definition) is 0.